The molecule has 4 N–H and O–H groups in total. The molecule has 7 heteroatoms. The molecule has 0 saturated heterocycles. The minimum Gasteiger partial charge on any atom is -0.382 e. The van der Waals surface area contributed by atoms with Crippen molar-refractivity contribution in [1.29, 1.82) is 0 Å². The Bertz CT molecular complexity index is 428. The van der Waals surface area contributed by atoms with Gasteiger partial charge in [0.25, 0.3) is 0 Å². The lowest BCUT2D eigenvalue weighted by molar-refractivity contribution is 0.185. The lowest BCUT2D eigenvalue weighted by Gasteiger charge is -2.12. The molecular weight excluding hydrogens is 259 g/mol. The van der Waals surface area contributed by atoms with E-state index in [0.29, 0.717) is 11.6 Å². The number of halogens is 2. The van der Waals surface area contributed by atoms with E-state index in [-0.39, 0.29) is 17.7 Å². The van der Waals surface area contributed by atoms with E-state index in [1.54, 1.807) is 13.2 Å². The molecule has 0 fully saturated rings. The SMILES string of the molecule is COCC(C)N=C(NN)Nc1ccc(Cl)cc1F. The van der Waals surface area contributed by atoms with Gasteiger partial charge in [0, 0.05) is 12.1 Å². The number of hydrogen-bond acceptors (Lipinski definition) is 3. The standard InChI is InChI=1S/C11H16ClFN4O/c1-7(6-18-2)15-11(17-14)16-10-4-3-8(12)5-9(10)13/h3-5,7H,6,14H2,1-2H3,(H2,15,16,17). The first-order chi connectivity index (χ1) is 8.56. The monoisotopic (exact) mass is 274 g/mol. The highest BCUT2D eigenvalue weighted by atomic mass is 35.5. The van der Waals surface area contributed by atoms with Crippen LogP contribution in [0.1, 0.15) is 6.92 Å². The summed E-state index contributed by atoms with van der Waals surface area (Å²) in [5.41, 5.74) is 2.60. The zero-order chi connectivity index (χ0) is 13.5. The van der Waals surface area contributed by atoms with Crippen molar-refractivity contribution < 1.29 is 9.13 Å². The van der Waals surface area contributed by atoms with Crippen molar-refractivity contribution in [2.75, 3.05) is 19.0 Å². The van der Waals surface area contributed by atoms with Crippen LogP contribution in [-0.4, -0.2) is 25.7 Å². The van der Waals surface area contributed by atoms with Gasteiger partial charge in [-0.15, -0.1) is 0 Å². The predicted molar refractivity (Wildman–Crippen MR) is 71.1 cm³/mol. The summed E-state index contributed by atoms with van der Waals surface area (Å²) >= 11 is 5.66. The first-order valence-electron chi connectivity index (χ1n) is 5.32. The van der Waals surface area contributed by atoms with Gasteiger partial charge in [0.05, 0.1) is 18.3 Å². The van der Waals surface area contributed by atoms with Crippen molar-refractivity contribution in [3.05, 3.63) is 29.0 Å². The molecule has 18 heavy (non-hydrogen) atoms. The summed E-state index contributed by atoms with van der Waals surface area (Å²) in [6.07, 6.45) is 0. The van der Waals surface area contributed by atoms with Crippen molar-refractivity contribution in [2.45, 2.75) is 13.0 Å². The summed E-state index contributed by atoms with van der Waals surface area (Å²) in [7, 11) is 1.58. The van der Waals surface area contributed by atoms with E-state index < -0.39 is 5.82 Å². The molecule has 1 rings (SSSR count). The molecule has 1 atom stereocenters. The number of benzene rings is 1. The van der Waals surface area contributed by atoms with E-state index >= 15 is 0 Å². The van der Waals surface area contributed by atoms with Crippen LogP contribution in [0.3, 0.4) is 0 Å². The molecule has 1 aromatic rings. The van der Waals surface area contributed by atoms with Gasteiger partial charge in [-0.2, -0.15) is 0 Å². The highest BCUT2D eigenvalue weighted by Crippen LogP contribution is 2.18. The molecule has 0 amide bonds. The maximum absolute atomic E-state index is 13.5. The van der Waals surface area contributed by atoms with Gasteiger partial charge in [0.15, 0.2) is 0 Å². The van der Waals surface area contributed by atoms with Crippen LogP contribution in [0.5, 0.6) is 0 Å². The second-order valence-corrected chi connectivity index (χ2v) is 4.11. The third-order valence-corrected chi connectivity index (χ3v) is 2.31. The Labute approximate surface area is 110 Å². The van der Waals surface area contributed by atoms with Gasteiger partial charge in [0.2, 0.25) is 5.96 Å². The normalized spacial score (nSPS) is 13.3. The molecule has 1 unspecified atom stereocenters. The van der Waals surface area contributed by atoms with Crippen molar-refractivity contribution in [3.63, 3.8) is 0 Å². The number of nitrogens with two attached hydrogens (primary N) is 1. The van der Waals surface area contributed by atoms with Gasteiger partial charge in [0.1, 0.15) is 5.82 Å². The van der Waals surface area contributed by atoms with E-state index in [2.05, 4.69) is 15.7 Å². The number of hydrazine groups is 1. The Morgan fingerprint density at radius 1 is 1.61 bits per heavy atom. The third-order valence-electron chi connectivity index (χ3n) is 2.08. The van der Waals surface area contributed by atoms with Crippen LogP contribution in [0.15, 0.2) is 23.2 Å². The maximum atomic E-state index is 13.5. The summed E-state index contributed by atoms with van der Waals surface area (Å²) < 4.78 is 18.5. The van der Waals surface area contributed by atoms with Crippen LogP contribution in [-0.2, 0) is 4.74 Å². The molecule has 0 heterocycles. The number of anilines is 1. The van der Waals surface area contributed by atoms with Crippen molar-refractivity contribution in [3.8, 4) is 0 Å². The summed E-state index contributed by atoms with van der Waals surface area (Å²) in [5, 5.41) is 3.06. The number of rotatable bonds is 4. The van der Waals surface area contributed by atoms with Gasteiger partial charge >= 0.3 is 0 Å². The maximum Gasteiger partial charge on any atom is 0.210 e. The Balaban J connectivity index is 2.79. The van der Waals surface area contributed by atoms with Crippen LogP contribution in [0.2, 0.25) is 5.02 Å². The van der Waals surface area contributed by atoms with E-state index in [9.17, 15) is 4.39 Å². The summed E-state index contributed by atoms with van der Waals surface area (Å²) in [6, 6.07) is 4.17. The highest BCUT2D eigenvalue weighted by molar-refractivity contribution is 6.30. The predicted octanol–water partition coefficient (Wildman–Crippen LogP) is 1.75. The van der Waals surface area contributed by atoms with Crippen molar-refractivity contribution in [1.82, 2.24) is 5.43 Å². The fraction of sp³-hybridized carbons (Fsp3) is 0.364. The first-order valence-corrected chi connectivity index (χ1v) is 5.70. The van der Waals surface area contributed by atoms with Crippen LogP contribution >= 0.6 is 11.6 Å². The highest BCUT2D eigenvalue weighted by Gasteiger charge is 2.07. The van der Waals surface area contributed by atoms with Crippen LogP contribution in [0, 0.1) is 5.82 Å². The molecule has 5 nitrogen and oxygen atoms in total. The average molecular weight is 275 g/mol. The number of nitrogens with one attached hydrogen (secondary N) is 2. The molecule has 0 spiro atoms. The molecule has 100 valence electrons. The Morgan fingerprint density at radius 2 is 2.33 bits per heavy atom. The van der Waals surface area contributed by atoms with Crippen molar-refractivity contribution >= 4 is 23.2 Å². The number of ether oxygens (including phenoxy) is 1. The molecule has 0 bridgehead atoms. The molecule has 0 aliphatic carbocycles. The zero-order valence-corrected chi connectivity index (χ0v) is 11.0. The topological polar surface area (TPSA) is 71.7 Å². The Hall–Kier alpha value is -1.37. The summed E-state index contributed by atoms with van der Waals surface area (Å²) in [5.74, 6) is 5.08. The van der Waals surface area contributed by atoms with Crippen LogP contribution in [0.25, 0.3) is 0 Å². The number of nitrogens with zero attached hydrogens (tertiary/aromatic N) is 1. The zero-order valence-electron chi connectivity index (χ0n) is 10.2. The molecule has 0 radical (unpaired) electrons. The third kappa shape index (κ3) is 4.48. The average Bonchev–Trinajstić information content (AvgIpc) is 2.31. The first kappa shape index (κ1) is 14.7. The molecule has 0 aliphatic heterocycles. The van der Waals surface area contributed by atoms with Gasteiger partial charge in [-0.25, -0.2) is 15.2 Å². The summed E-state index contributed by atoms with van der Waals surface area (Å²) in [4.78, 5) is 4.19. The Morgan fingerprint density at radius 3 is 2.89 bits per heavy atom. The second kappa shape index (κ2) is 7.15. The van der Waals surface area contributed by atoms with Crippen molar-refractivity contribution in [2.24, 2.45) is 10.8 Å². The summed E-state index contributed by atoms with van der Waals surface area (Å²) in [6.45, 7) is 2.29. The molecule has 0 aliphatic rings. The number of hydrogen-bond donors (Lipinski definition) is 3. The lowest BCUT2D eigenvalue weighted by Crippen LogP contribution is -2.37. The molecule has 0 aromatic heterocycles. The van der Waals surface area contributed by atoms with E-state index in [1.165, 1.54) is 12.1 Å². The smallest absolute Gasteiger partial charge is 0.210 e. The minimum atomic E-state index is -0.482. The van der Waals surface area contributed by atoms with E-state index in [0.717, 1.165) is 0 Å². The van der Waals surface area contributed by atoms with Crippen LogP contribution < -0.4 is 16.6 Å². The van der Waals surface area contributed by atoms with Gasteiger partial charge < -0.3 is 10.1 Å². The van der Waals surface area contributed by atoms with E-state index in [1.807, 2.05) is 6.92 Å². The van der Waals surface area contributed by atoms with Gasteiger partial charge in [-0.1, -0.05) is 11.6 Å². The number of methoxy groups -OCH3 is 1. The van der Waals surface area contributed by atoms with Crippen LogP contribution in [0.4, 0.5) is 10.1 Å². The lowest BCUT2D eigenvalue weighted by atomic mass is 10.3. The number of aliphatic imine (C=N–C) groups is 1. The van der Waals surface area contributed by atoms with Gasteiger partial charge in [-0.3, -0.25) is 5.43 Å². The largest absolute Gasteiger partial charge is 0.382 e. The number of guanidine groups is 1. The molecule has 1 aromatic carbocycles. The molecular formula is C11H16ClFN4O. The van der Waals surface area contributed by atoms with E-state index in [4.69, 9.17) is 22.2 Å². The molecule has 0 saturated carbocycles. The fourth-order valence-corrected chi connectivity index (χ4v) is 1.48. The van der Waals surface area contributed by atoms with Gasteiger partial charge in [-0.05, 0) is 25.1 Å². The quantitative estimate of drug-likeness (QED) is 0.339. The second-order valence-electron chi connectivity index (χ2n) is 3.68. The fourth-order valence-electron chi connectivity index (χ4n) is 1.32. The minimum absolute atomic E-state index is 0.107. The Kier molecular flexibility index (Phi) is 5.84.